The Morgan fingerprint density at radius 3 is 2.66 bits per heavy atom. The van der Waals surface area contributed by atoms with Crippen LogP contribution in [0.25, 0.3) is 0 Å². The first-order valence-electron chi connectivity index (χ1n) is 12.6. The van der Waals surface area contributed by atoms with E-state index >= 15 is 0 Å². The van der Waals surface area contributed by atoms with Gasteiger partial charge in [-0.15, -0.1) is 0 Å². The lowest BCUT2D eigenvalue weighted by molar-refractivity contribution is -0.133. The van der Waals surface area contributed by atoms with E-state index in [1.807, 2.05) is 29.2 Å². The van der Waals surface area contributed by atoms with E-state index in [4.69, 9.17) is 16.3 Å². The van der Waals surface area contributed by atoms with Gasteiger partial charge in [-0.1, -0.05) is 30.7 Å². The lowest BCUT2D eigenvalue weighted by atomic mass is 9.96. The van der Waals surface area contributed by atoms with Gasteiger partial charge in [-0.3, -0.25) is 9.69 Å². The highest BCUT2D eigenvalue weighted by Gasteiger charge is 2.35. The average Bonchev–Trinajstić information content (AvgIpc) is 3.03. The van der Waals surface area contributed by atoms with E-state index < -0.39 is 6.10 Å². The van der Waals surface area contributed by atoms with E-state index in [0.29, 0.717) is 50.8 Å². The van der Waals surface area contributed by atoms with Crippen LogP contribution in [0.5, 0.6) is 0 Å². The van der Waals surface area contributed by atoms with Crippen LogP contribution in [0.3, 0.4) is 0 Å². The number of hydrogen-bond acceptors (Lipinski definition) is 7. The predicted molar refractivity (Wildman–Crippen MR) is 135 cm³/mol. The van der Waals surface area contributed by atoms with Crippen LogP contribution in [0.1, 0.15) is 54.5 Å². The molecular weight excluding hydrogens is 466 g/mol. The summed E-state index contributed by atoms with van der Waals surface area (Å²) in [6.07, 6.45) is 2.70. The number of ether oxygens (including phenoxy) is 1. The van der Waals surface area contributed by atoms with Gasteiger partial charge in [0, 0.05) is 63.0 Å². The minimum atomic E-state index is -0.519. The smallest absolute Gasteiger partial charge is 0.231 e. The molecule has 2 aromatic rings. The van der Waals surface area contributed by atoms with Gasteiger partial charge in [0.25, 0.3) is 0 Å². The van der Waals surface area contributed by atoms with Crippen molar-refractivity contribution in [2.75, 3.05) is 63.9 Å². The van der Waals surface area contributed by atoms with E-state index in [0.717, 1.165) is 48.8 Å². The zero-order valence-corrected chi connectivity index (χ0v) is 21.0. The van der Waals surface area contributed by atoms with E-state index in [1.165, 1.54) is 0 Å². The van der Waals surface area contributed by atoms with Gasteiger partial charge in [-0.25, -0.2) is 9.97 Å². The summed E-state index contributed by atoms with van der Waals surface area (Å²) in [6.45, 7) is 8.76. The second-order valence-corrected chi connectivity index (χ2v) is 10.3. The van der Waals surface area contributed by atoms with Crippen LogP contribution in [0, 0.1) is 0 Å². The molecule has 1 amide bonds. The van der Waals surface area contributed by atoms with Crippen LogP contribution >= 0.6 is 11.6 Å². The Morgan fingerprint density at radius 2 is 1.89 bits per heavy atom. The summed E-state index contributed by atoms with van der Waals surface area (Å²) in [5.74, 6) is 1.05. The molecule has 35 heavy (non-hydrogen) atoms. The normalized spacial score (nSPS) is 24.2. The highest BCUT2D eigenvalue weighted by molar-refractivity contribution is 6.30. The number of carbonyl (C=O) groups excluding carboxylic acids is 1. The van der Waals surface area contributed by atoms with Crippen LogP contribution in [-0.2, 0) is 9.53 Å². The second kappa shape index (κ2) is 10.8. The lowest BCUT2D eigenvalue weighted by Gasteiger charge is -2.38. The molecule has 0 spiro atoms. The van der Waals surface area contributed by atoms with Crippen molar-refractivity contribution in [3.05, 3.63) is 52.4 Å². The molecule has 2 fully saturated rings. The topological polar surface area (TPSA) is 82.0 Å². The van der Waals surface area contributed by atoms with Crippen LogP contribution in [0.15, 0.2) is 30.6 Å². The highest BCUT2D eigenvalue weighted by atomic mass is 35.5. The van der Waals surface area contributed by atoms with Crippen molar-refractivity contribution >= 4 is 23.3 Å². The molecule has 2 aliphatic heterocycles. The van der Waals surface area contributed by atoms with E-state index in [1.54, 1.807) is 6.33 Å². The van der Waals surface area contributed by atoms with Crippen molar-refractivity contribution in [2.24, 2.45) is 0 Å². The Labute approximate surface area is 211 Å². The molecule has 0 saturated carbocycles. The summed E-state index contributed by atoms with van der Waals surface area (Å²) in [5.41, 5.74) is 2.82. The number of piperazine rings is 1. The van der Waals surface area contributed by atoms with Crippen LogP contribution < -0.4 is 4.90 Å². The first kappa shape index (κ1) is 24.4. The molecule has 3 heterocycles. The Hall–Kier alpha value is -2.26. The molecule has 3 aliphatic rings. The van der Waals surface area contributed by atoms with Gasteiger partial charge in [-0.2, -0.15) is 0 Å². The molecule has 5 rings (SSSR count). The third kappa shape index (κ3) is 5.31. The number of hydrogen-bond donors (Lipinski definition) is 1. The summed E-state index contributed by atoms with van der Waals surface area (Å²) >= 11 is 6.14. The second-order valence-electron chi connectivity index (χ2n) is 9.83. The number of halogens is 1. The number of amides is 1. The number of aliphatic hydroxyl groups excluding tert-OH is 1. The zero-order valence-electron chi connectivity index (χ0n) is 20.3. The molecule has 188 valence electrons. The standard InChI is InChI=1S/C26H34ClN5O3/c1-18-15-22(33)24-23(18)25(29-17-28-24)31-8-10-32(11-9-31)26(34)21(19-3-5-20(27)6-4-19)16-30-7-2-13-35-14-12-30/h3-6,17-18,21-22,33H,2,7-16H2,1H3/t18-,21+,22-/m1/s1. The van der Waals surface area contributed by atoms with Crippen molar-refractivity contribution in [1.29, 1.82) is 0 Å². The largest absolute Gasteiger partial charge is 0.387 e. The molecule has 9 heteroatoms. The molecule has 1 N–H and O–H groups in total. The van der Waals surface area contributed by atoms with Crippen LogP contribution in [-0.4, -0.2) is 89.8 Å². The summed E-state index contributed by atoms with van der Waals surface area (Å²) in [7, 11) is 0. The average molecular weight is 500 g/mol. The van der Waals surface area contributed by atoms with Crippen molar-refractivity contribution in [1.82, 2.24) is 19.8 Å². The van der Waals surface area contributed by atoms with Crippen molar-refractivity contribution in [2.45, 2.75) is 37.7 Å². The fourth-order valence-electron chi connectivity index (χ4n) is 5.57. The van der Waals surface area contributed by atoms with E-state index in [2.05, 4.69) is 26.7 Å². The van der Waals surface area contributed by atoms with Gasteiger partial charge >= 0.3 is 0 Å². The lowest BCUT2D eigenvalue weighted by Crippen LogP contribution is -2.51. The van der Waals surface area contributed by atoms with Gasteiger partial charge in [0.05, 0.1) is 24.3 Å². The molecule has 2 saturated heterocycles. The Kier molecular flexibility index (Phi) is 7.53. The van der Waals surface area contributed by atoms with Gasteiger partial charge in [0.15, 0.2) is 0 Å². The van der Waals surface area contributed by atoms with E-state index in [9.17, 15) is 9.90 Å². The van der Waals surface area contributed by atoms with Crippen molar-refractivity contribution in [3.8, 4) is 0 Å². The molecule has 3 atom stereocenters. The number of carbonyl (C=O) groups is 1. The number of anilines is 1. The highest BCUT2D eigenvalue weighted by Crippen LogP contribution is 2.42. The number of aliphatic hydroxyl groups is 1. The molecule has 8 nitrogen and oxygen atoms in total. The third-order valence-electron chi connectivity index (χ3n) is 7.50. The minimum absolute atomic E-state index is 0.161. The fraction of sp³-hybridized carbons (Fsp3) is 0.577. The van der Waals surface area contributed by atoms with Crippen molar-refractivity contribution in [3.63, 3.8) is 0 Å². The molecular formula is C26H34ClN5O3. The number of benzene rings is 1. The van der Waals surface area contributed by atoms with Crippen LogP contribution in [0.4, 0.5) is 5.82 Å². The van der Waals surface area contributed by atoms with Crippen molar-refractivity contribution < 1.29 is 14.6 Å². The summed E-state index contributed by atoms with van der Waals surface area (Å²) in [5, 5.41) is 11.0. The molecule has 0 unspecified atom stereocenters. The SMILES string of the molecule is C[C@@H]1C[C@@H](O)c2ncnc(N3CCN(C(=O)[C@@H](CN4CCCOCC4)c4ccc(Cl)cc4)CC3)c21. The molecule has 1 aromatic heterocycles. The van der Waals surface area contributed by atoms with Gasteiger partial charge in [0.1, 0.15) is 12.1 Å². The van der Waals surface area contributed by atoms with Gasteiger partial charge in [-0.05, 0) is 36.5 Å². The zero-order chi connectivity index (χ0) is 24.4. The number of fused-ring (bicyclic) bond motifs is 1. The summed E-state index contributed by atoms with van der Waals surface area (Å²) < 4.78 is 5.62. The Balaban J connectivity index is 1.30. The molecule has 0 radical (unpaired) electrons. The minimum Gasteiger partial charge on any atom is -0.387 e. The molecule has 1 aliphatic carbocycles. The maximum atomic E-state index is 13.8. The number of aromatic nitrogens is 2. The van der Waals surface area contributed by atoms with Crippen LogP contribution in [0.2, 0.25) is 5.02 Å². The quantitative estimate of drug-likeness (QED) is 0.677. The molecule has 0 bridgehead atoms. The number of nitrogens with zero attached hydrogens (tertiary/aromatic N) is 5. The first-order valence-corrected chi connectivity index (χ1v) is 13.0. The monoisotopic (exact) mass is 499 g/mol. The Bertz CT molecular complexity index is 1020. The predicted octanol–water partition coefficient (Wildman–Crippen LogP) is 2.83. The first-order chi connectivity index (χ1) is 17.0. The van der Waals surface area contributed by atoms with E-state index in [-0.39, 0.29) is 17.7 Å². The van der Waals surface area contributed by atoms with Gasteiger partial charge < -0.3 is 19.6 Å². The number of rotatable bonds is 5. The summed E-state index contributed by atoms with van der Waals surface area (Å²) in [6, 6.07) is 7.69. The summed E-state index contributed by atoms with van der Waals surface area (Å²) in [4.78, 5) is 29.3. The van der Waals surface area contributed by atoms with Gasteiger partial charge in [0.2, 0.25) is 5.91 Å². The maximum Gasteiger partial charge on any atom is 0.231 e. The fourth-order valence-corrected chi connectivity index (χ4v) is 5.70. The molecule has 1 aromatic carbocycles. The maximum absolute atomic E-state index is 13.8. The third-order valence-corrected chi connectivity index (χ3v) is 7.75. The Morgan fingerprint density at radius 1 is 1.11 bits per heavy atom.